The molecule has 1 unspecified atom stereocenters. The van der Waals surface area contributed by atoms with E-state index < -0.39 is 0 Å². The van der Waals surface area contributed by atoms with Gasteiger partial charge in [-0.1, -0.05) is 39.8 Å². The fourth-order valence-electron chi connectivity index (χ4n) is 3.28. The van der Waals surface area contributed by atoms with Crippen molar-refractivity contribution in [3.05, 3.63) is 29.8 Å². The van der Waals surface area contributed by atoms with Crippen LogP contribution in [0.1, 0.15) is 53.0 Å². The molecule has 1 aliphatic heterocycles. The third kappa shape index (κ3) is 7.26. The van der Waals surface area contributed by atoms with Crippen molar-refractivity contribution in [2.24, 2.45) is 10.9 Å². The molecule has 1 saturated heterocycles. The van der Waals surface area contributed by atoms with Crippen molar-refractivity contribution in [1.82, 2.24) is 15.5 Å². The first-order valence-corrected chi connectivity index (χ1v) is 10.7. The first-order chi connectivity index (χ1) is 13.7. The second kappa shape index (κ2) is 10.5. The molecule has 1 amide bonds. The lowest BCUT2D eigenvalue weighted by molar-refractivity contribution is -0.132. The van der Waals surface area contributed by atoms with Crippen LogP contribution in [0.5, 0.6) is 5.75 Å². The average Bonchev–Trinajstić information content (AvgIpc) is 2.68. The van der Waals surface area contributed by atoms with E-state index in [1.165, 1.54) is 5.56 Å². The molecular formula is C23H38N4O2. The van der Waals surface area contributed by atoms with Gasteiger partial charge in [0.25, 0.3) is 0 Å². The van der Waals surface area contributed by atoms with E-state index in [0.717, 1.165) is 31.3 Å². The van der Waals surface area contributed by atoms with E-state index in [1.807, 2.05) is 19.2 Å². The van der Waals surface area contributed by atoms with Crippen LogP contribution in [0.4, 0.5) is 0 Å². The maximum atomic E-state index is 11.7. The zero-order chi connectivity index (χ0) is 21.4. The van der Waals surface area contributed by atoms with Gasteiger partial charge >= 0.3 is 0 Å². The molecule has 0 aromatic heterocycles. The summed E-state index contributed by atoms with van der Waals surface area (Å²) in [6.07, 6.45) is 1.43. The quantitative estimate of drug-likeness (QED) is 0.518. The van der Waals surface area contributed by atoms with Gasteiger partial charge in [-0.25, -0.2) is 0 Å². The minimum atomic E-state index is -0.0990. The molecule has 1 aromatic rings. The minimum Gasteiger partial charge on any atom is -0.493 e. The number of carbonyl (C=O) groups is 1. The number of likely N-dealkylation sites (N-methyl/N-ethyl adjacent to an activating group) is 1. The van der Waals surface area contributed by atoms with Crippen LogP contribution in [0.25, 0.3) is 0 Å². The van der Waals surface area contributed by atoms with E-state index in [4.69, 9.17) is 9.73 Å². The molecule has 29 heavy (non-hydrogen) atoms. The summed E-state index contributed by atoms with van der Waals surface area (Å²) in [6.45, 7) is 13.7. The second-order valence-electron chi connectivity index (χ2n) is 8.96. The summed E-state index contributed by atoms with van der Waals surface area (Å²) in [5, 5.41) is 6.83. The van der Waals surface area contributed by atoms with Crippen LogP contribution in [0.2, 0.25) is 0 Å². The van der Waals surface area contributed by atoms with Gasteiger partial charge in [0.15, 0.2) is 5.96 Å². The highest BCUT2D eigenvalue weighted by molar-refractivity contribution is 5.81. The van der Waals surface area contributed by atoms with Crippen LogP contribution in [0, 0.1) is 5.92 Å². The number of rotatable bonds is 8. The number of piperidine rings is 1. The van der Waals surface area contributed by atoms with Crippen molar-refractivity contribution in [3.8, 4) is 5.75 Å². The maximum absolute atomic E-state index is 11.7. The molecule has 0 bridgehead atoms. The standard InChI is InChI=1S/C23H38N4O2/c1-7-24-22(26-19-10-13-21(28)27(6)14-19)25-16-23(4,5)18-8-11-20(12-9-18)29-15-17(2)3/h8-9,11-12,17,19H,7,10,13-16H2,1-6H3,(H2,24,25,26). The molecule has 2 N–H and O–H groups in total. The van der Waals surface area contributed by atoms with E-state index in [1.54, 1.807) is 4.90 Å². The molecule has 1 fully saturated rings. The summed E-state index contributed by atoms with van der Waals surface area (Å²) in [5.74, 6) is 2.45. The summed E-state index contributed by atoms with van der Waals surface area (Å²) in [4.78, 5) is 18.3. The Morgan fingerprint density at radius 3 is 2.59 bits per heavy atom. The molecule has 0 spiro atoms. The number of aliphatic imine (C=N–C) groups is 1. The molecular weight excluding hydrogens is 364 g/mol. The van der Waals surface area contributed by atoms with Crippen LogP contribution in [-0.2, 0) is 10.2 Å². The van der Waals surface area contributed by atoms with Crippen molar-refractivity contribution < 1.29 is 9.53 Å². The Morgan fingerprint density at radius 1 is 1.31 bits per heavy atom. The molecule has 1 aliphatic rings. The van der Waals surface area contributed by atoms with Crippen molar-refractivity contribution in [3.63, 3.8) is 0 Å². The normalized spacial score (nSPS) is 18.2. The van der Waals surface area contributed by atoms with Crippen LogP contribution in [0.3, 0.4) is 0 Å². The number of nitrogens with zero attached hydrogens (tertiary/aromatic N) is 2. The predicted molar refractivity (Wildman–Crippen MR) is 120 cm³/mol. The SMILES string of the molecule is CCNC(=NCC(C)(C)c1ccc(OCC(C)C)cc1)NC1CCC(=O)N(C)C1. The van der Waals surface area contributed by atoms with Gasteiger partial charge in [0.1, 0.15) is 5.75 Å². The Morgan fingerprint density at radius 2 is 2.00 bits per heavy atom. The van der Waals surface area contributed by atoms with Crippen LogP contribution in [-0.4, -0.2) is 56.1 Å². The predicted octanol–water partition coefficient (Wildman–Crippen LogP) is 3.17. The Bertz CT molecular complexity index is 683. The van der Waals surface area contributed by atoms with Crippen molar-refractivity contribution in [2.75, 3.05) is 33.3 Å². The highest BCUT2D eigenvalue weighted by atomic mass is 16.5. The van der Waals surface area contributed by atoms with Crippen LogP contribution in [0.15, 0.2) is 29.3 Å². The van der Waals surface area contributed by atoms with E-state index >= 15 is 0 Å². The van der Waals surface area contributed by atoms with Gasteiger partial charge in [-0.2, -0.15) is 0 Å². The fourth-order valence-corrected chi connectivity index (χ4v) is 3.28. The van der Waals surface area contributed by atoms with Crippen molar-refractivity contribution in [1.29, 1.82) is 0 Å². The Balaban J connectivity index is 1.99. The average molecular weight is 403 g/mol. The summed E-state index contributed by atoms with van der Waals surface area (Å²) in [5.41, 5.74) is 1.13. The summed E-state index contributed by atoms with van der Waals surface area (Å²) >= 11 is 0. The van der Waals surface area contributed by atoms with Crippen molar-refractivity contribution in [2.45, 2.75) is 58.9 Å². The Labute approximate surface area is 176 Å². The highest BCUT2D eigenvalue weighted by Gasteiger charge is 2.24. The van der Waals surface area contributed by atoms with E-state index in [0.29, 0.717) is 25.4 Å². The van der Waals surface area contributed by atoms with Gasteiger partial charge < -0.3 is 20.3 Å². The second-order valence-corrected chi connectivity index (χ2v) is 8.96. The number of amides is 1. The first-order valence-electron chi connectivity index (χ1n) is 10.7. The Kier molecular flexibility index (Phi) is 8.35. The minimum absolute atomic E-state index is 0.0990. The molecule has 0 aliphatic carbocycles. The van der Waals surface area contributed by atoms with Gasteiger partial charge in [0, 0.05) is 38.0 Å². The molecule has 0 saturated carbocycles. The van der Waals surface area contributed by atoms with Gasteiger partial charge in [0.05, 0.1) is 13.2 Å². The number of hydrogen-bond donors (Lipinski definition) is 2. The Hall–Kier alpha value is -2.24. The third-order valence-corrected chi connectivity index (χ3v) is 5.16. The monoisotopic (exact) mass is 402 g/mol. The van der Waals surface area contributed by atoms with E-state index in [-0.39, 0.29) is 17.4 Å². The number of nitrogens with one attached hydrogen (secondary N) is 2. The van der Waals surface area contributed by atoms with Crippen LogP contribution >= 0.6 is 0 Å². The lowest BCUT2D eigenvalue weighted by Gasteiger charge is -2.31. The molecule has 1 aromatic carbocycles. The number of guanidine groups is 1. The molecule has 2 rings (SSSR count). The topological polar surface area (TPSA) is 66.0 Å². The fraction of sp³-hybridized carbons (Fsp3) is 0.652. The van der Waals surface area contributed by atoms with E-state index in [2.05, 4.69) is 57.4 Å². The van der Waals surface area contributed by atoms with Crippen molar-refractivity contribution >= 4 is 11.9 Å². The summed E-state index contributed by atoms with van der Waals surface area (Å²) in [7, 11) is 1.86. The highest BCUT2D eigenvalue weighted by Crippen LogP contribution is 2.26. The lowest BCUT2D eigenvalue weighted by Crippen LogP contribution is -2.52. The number of carbonyl (C=O) groups excluding carboxylic acids is 1. The molecule has 6 nitrogen and oxygen atoms in total. The number of benzene rings is 1. The zero-order valence-electron chi connectivity index (χ0n) is 18.9. The lowest BCUT2D eigenvalue weighted by atomic mass is 9.85. The summed E-state index contributed by atoms with van der Waals surface area (Å²) < 4.78 is 5.79. The number of hydrogen-bond acceptors (Lipinski definition) is 3. The molecule has 1 atom stereocenters. The van der Waals surface area contributed by atoms with Gasteiger partial charge in [0.2, 0.25) is 5.91 Å². The van der Waals surface area contributed by atoms with Crippen LogP contribution < -0.4 is 15.4 Å². The van der Waals surface area contributed by atoms with Gasteiger partial charge in [-0.05, 0) is 37.0 Å². The van der Waals surface area contributed by atoms with Gasteiger partial charge in [-0.15, -0.1) is 0 Å². The third-order valence-electron chi connectivity index (χ3n) is 5.16. The summed E-state index contributed by atoms with van der Waals surface area (Å²) in [6, 6.07) is 8.58. The zero-order valence-corrected chi connectivity index (χ0v) is 18.9. The smallest absolute Gasteiger partial charge is 0.222 e. The number of likely N-dealkylation sites (tertiary alicyclic amines) is 1. The molecule has 162 valence electrons. The molecule has 0 radical (unpaired) electrons. The molecule has 6 heteroatoms. The van der Waals surface area contributed by atoms with Gasteiger partial charge in [-0.3, -0.25) is 9.79 Å². The first kappa shape index (κ1) is 23.0. The largest absolute Gasteiger partial charge is 0.493 e. The number of ether oxygens (including phenoxy) is 1. The maximum Gasteiger partial charge on any atom is 0.222 e. The molecule has 1 heterocycles. The van der Waals surface area contributed by atoms with E-state index in [9.17, 15) is 4.79 Å².